The van der Waals surface area contributed by atoms with Crippen LogP contribution in [0.15, 0.2) is 103 Å². The van der Waals surface area contributed by atoms with Crippen LogP contribution in [0.4, 0.5) is 0 Å². The van der Waals surface area contributed by atoms with Crippen LogP contribution in [0, 0.1) is 0 Å². The fraction of sp³-hybridized carbons (Fsp3) is 0.289. The van der Waals surface area contributed by atoms with E-state index < -0.39 is 0 Å². The van der Waals surface area contributed by atoms with Gasteiger partial charge in [0, 0.05) is 11.6 Å². The molecule has 0 bridgehead atoms. The summed E-state index contributed by atoms with van der Waals surface area (Å²) in [6.45, 7) is 6.17. The third-order valence-corrected chi connectivity index (χ3v) is 8.18. The molecular weight excluding hydrogens is 554 g/mol. The second-order valence-electron chi connectivity index (χ2n) is 11.0. The van der Waals surface area contributed by atoms with Gasteiger partial charge < -0.3 is 9.47 Å². The lowest BCUT2D eigenvalue weighted by atomic mass is 9.88. The molecule has 1 fully saturated rings. The molecule has 4 nitrogen and oxygen atoms in total. The molecule has 0 atom stereocenters. The van der Waals surface area contributed by atoms with Crippen molar-refractivity contribution in [2.45, 2.75) is 45.4 Å². The molecule has 4 aromatic carbocycles. The second kappa shape index (κ2) is 15.6. The van der Waals surface area contributed by atoms with Crippen LogP contribution in [-0.2, 0) is 11.2 Å². The molecule has 0 radical (unpaired) electrons. The van der Waals surface area contributed by atoms with Crippen molar-refractivity contribution < 1.29 is 14.3 Å². The zero-order valence-electron chi connectivity index (χ0n) is 24.9. The van der Waals surface area contributed by atoms with Gasteiger partial charge in [0.05, 0.1) is 6.42 Å². The van der Waals surface area contributed by atoms with Crippen LogP contribution in [0.1, 0.15) is 61.3 Å². The highest BCUT2D eigenvalue weighted by molar-refractivity contribution is 6.30. The van der Waals surface area contributed by atoms with E-state index in [2.05, 4.69) is 48.2 Å². The molecule has 0 spiro atoms. The van der Waals surface area contributed by atoms with E-state index in [1.165, 1.54) is 44.3 Å². The van der Waals surface area contributed by atoms with Crippen molar-refractivity contribution >= 4 is 28.7 Å². The van der Waals surface area contributed by atoms with Crippen LogP contribution >= 0.6 is 11.6 Å². The first-order valence-corrected chi connectivity index (χ1v) is 15.8. The fourth-order valence-electron chi connectivity index (χ4n) is 5.68. The van der Waals surface area contributed by atoms with Gasteiger partial charge in [-0.2, -0.15) is 0 Å². The Morgan fingerprint density at radius 2 is 1.30 bits per heavy atom. The van der Waals surface area contributed by atoms with Crippen molar-refractivity contribution in [2.75, 3.05) is 26.2 Å². The third-order valence-electron chi connectivity index (χ3n) is 7.93. The summed E-state index contributed by atoms with van der Waals surface area (Å²) in [5.74, 6) is 1.13. The van der Waals surface area contributed by atoms with Gasteiger partial charge in [0.15, 0.2) is 0 Å². The van der Waals surface area contributed by atoms with Gasteiger partial charge in [-0.3, -0.25) is 9.69 Å². The fourth-order valence-corrected chi connectivity index (χ4v) is 5.81. The molecule has 0 unspecified atom stereocenters. The summed E-state index contributed by atoms with van der Waals surface area (Å²) in [5.41, 5.74) is 6.53. The number of ether oxygens (including phenoxy) is 2. The maximum Gasteiger partial charge on any atom is 0.315 e. The van der Waals surface area contributed by atoms with Gasteiger partial charge in [0.25, 0.3) is 0 Å². The average Bonchev–Trinajstić information content (AvgIpc) is 3.31. The number of likely N-dealkylation sites (tertiary alicyclic amines) is 1. The number of halogens is 1. The first-order chi connectivity index (χ1) is 21.1. The van der Waals surface area contributed by atoms with Gasteiger partial charge in [-0.25, -0.2) is 0 Å². The van der Waals surface area contributed by atoms with Crippen LogP contribution in [0.3, 0.4) is 0 Å². The van der Waals surface area contributed by atoms with E-state index in [0.29, 0.717) is 17.4 Å². The Balaban J connectivity index is 1.35. The number of carbonyl (C=O) groups is 1. The maximum atomic E-state index is 12.5. The number of carbonyl (C=O) groups excluding carboxylic acids is 1. The quantitative estimate of drug-likeness (QED) is 0.0987. The van der Waals surface area contributed by atoms with E-state index in [1.807, 2.05) is 66.7 Å². The summed E-state index contributed by atoms with van der Waals surface area (Å²) < 4.78 is 11.8. The number of esters is 1. The van der Waals surface area contributed by atoms with Crippen molar-refractivity contribution in [1.82, 2.24) is 4.90 Å². The zero-order valence-corrected chi connectivity index (χ0v) is 25.7. The lowest BCUT2D eigenvalue weighted by Gasteiger charge is -2.20. The molecule has 0 N–H and O–H groups in total. The summed E-state index contributed by atoms with van der Waals surface area (Å²) in [6, 6.07) is 33.8. The first-order valence-electron chi connectivity index (χ1n) is 15.4. The molecule has 1 aliphatic rings. The first kappa shape index (κ1) is 30.6. The van der Waals surface area contributed by atoms with E-state index >= 15 is 0 Å². The van der Waals surface area contributed by atoms with Crippen molar-refractivity contribution in [3.05, 3.63) is 130 Å². The van der Waals surface area contributed by atoms with E-state index in [9.17, 15) is 4.79 Å². The summed E-state index contributed by atoms with van der Waals surface area (Å²) in [4.78, 5) is 15.1. The molecule has 1 aliphatic heterocycles. The molecule has 5 rings (SSSR count). The number of benzene rings is 4. The van der Waals surface area contributed by atoms with Gasteiger partial charge in [-0.1, -0.05) is 98.1 Å². The SMILES string of the molecule is CC/C(=C(\c1ccc(OCCN2CCCCCC2)cc1)c1ccc(OC(=O)Cc2ccccc2)cc1)c1ccc(Cl)cc1. The molecule has 1 saturated heterocycles. The standard InChI is InChI=1S/C38H40ClNO3/c1-2-36(30-12-18-33(39)19-13-30)38(31-14-20-34(21-15-31)42-27-26-40-24-8-3-4-9-25-40)32-16-22-35(23-17-32)43-37(41)28-29-10-6-5-7-11-29/h5-7,10-23H,2-4,8-9,24-28H2,1H3/b38-36-. The third kappa shape index (κ3) is 8.82. The largest absolute Gasteiger partial charge is 0.492 e. The van der Waals surface area contributed by atoms with Gasteiger partial charge in [-0.15, -0.1) is 0 Å². The minimum atomic E-state index is -0.281. The highest BCUT2D eigenvalue weighted by Gasteiger charge is 2.15. The number of nitrogens with zero attached hydrogens (tertiary/aromatic N) is 1. The molecule has 0 saturated carbocycles. The van der Waals surface area contributed by atoms with Crippen molar-refractivity contribution in [3.8, 4) is 11.5 Å². The number of rotatable bonds is 11. The lowest BCUT2D eigenvalue weighted by Crippen LogP contribution is -2.29. The summed E-state index contributed by atoms with van der Waals surface area (Å²) in [7, 11) is 0. The minimum absolute atomic E-state index is 0.233. The number of allylic oxidation sites excluding steroid dienone is 1. The van der Waals surface area contributed by atoms with E-state index in [0.717, 1.165) is 46.5 Å². The van der Waals surface area contributed by atoms with Crippen molar-refractivity contribution in [1.29, 1.82) is 0 Å². The Labute approximate surface area is 260 Å². The Bertz CT molecular complexity index is 1470. The van der Waals surface area contributed by atoms with E-state index in [4.69, 9.17) is 21.1 Å². The lowest BCUT2D eigenvalue weighted by molar-refractivity contribution is -0.133. The molecule has 5 heteroatoms. The molecule has 4 aromatic rings. The van der Waals surface area contributed by atoms with E-state index in [-0.39, 0.29) is 12.4 Å². The number of hydrogen-bond acceptors (Lipinski definition) is 4. The zero-order chi connectivity index (χ0) is 29.9. The molecule has 1 heterocycles. The van der Waals surface area contributed by atoms with Crippen LogP contribution in [0.5, 0.6) is 11.5 Å². The maximum absolute atomic E-state index is 12.5. The predicted molar refractivity (Wildman–Crippen MR) is 177 cm³/mol. The monoisotopic (exact) mass is 593 g/mol. The minimum Gasteiger partial charge on any atom is -0.492 e. The molecule has 0 amide bonds. The Hall–Kier alpha value is -3.86. The van der Waals surface area contributed by atoms with Crippen LogP contribution in [0.2, 0.25) is 5.02 Å². The van der Waals surface area contributed by atoms with Gasteiger partial charge >= 0.3 is 5.97 Å². The second-order valence-corrected chi connectivity index (χ2v) is 11.4. The van der Waals surface area contributed by atoms with Crippen LogP contribution in [-0.4, -0.2) is 37.1 Å². The highest BCUT2D eigenvalue weighted by atomic mass is 35.5. The van der Waals surface area contributed by atoms with Gasteiger partial charge in [-0.05, 0) is 102 Å². The van der Waals surface area contributed by atoms with E-state index in [1.54, 1.807) is 0 Å². The van der Waals surface area contributed by atoms with Crippen LogP contribution < -0.4 is 9.47 Å². The predicted octanol–water partition coefficient (Wildman–Crippen LogP) is 9.11. The average molecular weight is 594 g/mol. The number of hydrogen-bond donors (Lipinski definition) is 0. The molecule has 0 aromatic heterocycles. The highest BCUT2D eigenvalue weighted by Crippen LogP contribution is 2.36. The summed E-state index contributed by atoms with van der Waals surface area (Å²) >= 11 is 6.23. The van der Waals surface area contributed by atoms with Crippen molar-refractivity contribution in [3.63, 3.8) is 0 Å². The Morgan fingerprint density at radius 3 is 1.91 bits per heavy atom. The summed E-state index contributed by atoms with van der Waals surface area (Å²) in [6.07, 6.45) is 6.32. The smallest absolute Gasteiger partial charge is 0.315 e. The van der Waals surface area contributed by atoms with Crippen molar-refractivity contribution in [2.24, 2.45) is 0 Å². The Morgan fingerprint density at radius 1 is 0.721 bits per heavy atom. The Kier molecular flexibility index (Phi) is 11.1. The van der Waals surface area contributed by atoms with Crippen LogP contribution in [0.25, 0.3) is 11.1 Å². The van der Waals surface area contributed by atoms with Gasteiger partial charge in [0.1, 0.15) is 18.1 Å². The molecule has 222 valence electrons. The molecule has 43 heavy (non-hydrogen) atoms. The summed E-state index contributed by atoms with van der Waals surface area (Å²) in [5, 5.41) is 0.712. The molecular formula is C38H40ClNO3. The molecule has 0 aliphatic carbocycles. The van der Waals surface area contributed by atoms with Gasteiger partial charge in [0.2, 0.25) is 0 Å². The normalized spacial score (nSPS) is 14.5. The topological polar surface area (TPSA) is 38.8 Å².